The van der Waals surface area contributed by atoms with Gasteiger partial charge in [-0.1, -0.05) is 12.2 Å². The fourth-order valence-electron chi connectivity index (χ4n) is 1.68. The fraction of sp³-hybridized carbons (Fsp3) is 0.500. The average molecular weight is 242 g/mol. The number of aliphatic carboxylic acids is 2. The first kappa shape index (κ1) is 13.2. The molecule has 7 nitrogen and oxygen atoms in total. The summed E-state index contributed by atoms with van der Waals surface area (Å²) < 4.78 is 0. The minimum absolute atomic E-state index is 0.236. The van der Waals surface area contributed by atoms with Crippen molar-refractivity contribution in [3.63, 3.8) is 0 Å². The van der Waals surface area contributed by atoms with Crippen LogP contribution in [0.15, 0.2) is 12.2 Å². The SMILES string of the molecule is NC1C=CC(C(=O)N(CC(=O)O)CC(=O)O)C1. The Balaban J connectivity index is 2.68. The number of carboxylic acids is 2. The Morgan fingerprint density at radius 1 is 1.18 bits per heavy atom. The summed E-state index contributed by atoms with van der Waals surface area (Å²) in [4.78, 5) is 33.7. The van der Waals surface area contributed by atoms with Crippen molar-refractivity contribution in [3.8, 4) is 0 Å². The van der Waals surface area contributed by atoms with Gasteiger partial charge in [0.2, 0.25) is 5.91 Å². The molecule has 7 heteroatoms. The predicted molar refractivity (Wildman–Crippen MR) is 57.1 cm³/mol. The number of rotatable bonds is 5. The molecule has 17 heavy (non-hydrogen) atoms. The van der Waals surface area contributed by atoms with E-state index < -0.39 is 36.9 Å². The van der Waals surface area contributed by atoms with E-state index >= 15 is 0 Å². The lowest BCUT2D eigenvalue weighted by molar-refractivity contribution is -0.150. The molecule has 0 aromatic rings. The van der Waals surface area contributed by atoms with Crippen LogP contribution in [0.25, 0.3) is 0 Å². The molecule has 0 saturated carbocycles. The first-order valence-electron chi connectivity index (χ1n) is 5.06. The lowest BCUT2D eigenvalue weighted by Crippen LogP contribution is -2.42. The molecular weight excluding hydrogens is 228 g/mol. The maximum atomic E-state index is 11.9. The molecule has 0 fully saturated rings. The second-order valence-corrected chi connectivity index (χ2v) is 3.87. The number of carbonyl (C=O) groups is 3. The Labute approximate surface area is 97.5 Å². The smallest absolute Gasteiger partial charge is 0.323 e. The Morgan fingerprint density at radius 2 is 1.71 bits per heavy atom. The summed E-state index contributed by atoms with van der Waals surface area (Å²) in [7, 11) is 0. The van der Waals surface area contributed by atoms with E-state index in [-0.39, 0.29) is 6.04 Å². The van der Waals surface area contributed by atoms with Gasteiger partial charge in [-0.3, -0.25) is 14.4 Å². The highest BCUT2D eigenvalue weighted by molar-refractivity contribution is 5.87. The van der Waals surface area contributed by atoms with Crippen LogP contribution in [0.3, 0.4) is 0 Å². The topological polar surface area (TPSA) is 121 Å². The van der Waals surface area contributed by atoms with Gasteiger partial charge in [0.25, 0.3) is 0 Å². The summed E-state index contributed by atoms with van der Waals surface area (Å²) in [5, 5.41) is 17.2. The van der Waals surface area contributed by atoms with Crippen molar-refractivity contribution >= 4 is 17.8 Å². The molecule has 2 unspecified atom stereocenters. The Bertz CT molecular complexity index is 350. The molecule has 0 bridgehead atoms. The van der Waals surface area contributed by atoms with Crippen LogP contribution in [0.1, 0.15) is 6.42 Å². The van der Waals surface area contributed by atoms with Gasteiger partial charge in [0, 0.05) is 6.04 Å². The zero-order valence-electron chi connectivity index (χ0n) is 9.07. The van der Waals surface area contributed by atoms with Crippen molar-refractivity contribution in [2.75, 3.05) is 13.1 Å². The van der Waals surface area contributed by atoms with Crippen molar-refractivity contribution in [2.24, 2.45) is 11.7 Å². The van der Waals surface area contributed by atoms with Gasteiger partial charge in [-0.15, -0.1) is 0 Å². The van der Waals surface area contributed by atoms with E-state index in [0.717, 1.165) is 4.90 Å². The van der Waals surface area contributed by atoms with Gasteiger partial charge >= 0.3 is 11.9 Å². The van der Waals surface area contributed by atoms with E-state index in [1.54, 1.807) is 12.2 Å². The highest BCUT2D eigenvalue weighted by atomic mass is 16.4. The van der Waals surface area contributed by atoms with Gasteiger partial charge in [0.15, 0.2) is 0 Å². The average Bonchev–Trinajstić information content (AvgIpc) is 2.61. The molecule has 0 saturated heterocycles. The van der Waals surface area contributed by atoms with E-state index in [0.29, 0.717) is 6.42 Å². The molecule has 0 spiro atoms. The Kier molecular flexibility index (Phi) is 4.22. The number of amides is 1. The van der Waals surface area contributed by atoms with Crippen molar-refractivity contribution in [1.82, 2.24) is 4.90 Å². The van der Waals surface area contributed by atoms with Gasteiger partial charge in [0.1, 0.15) is 13.1 Å². The number of hydrogen-bond donors (Lipinski definition) is 3. The molecule has 94 valence electrons. The van der Waals surface area contributed by atoms with Gasteiger partial charge in [-0.25, -0.2) is 0 Å². The summed E-state index contributed by atoms with van der Waals surface area (Å²) in [6.45, 7) is -1.24. The van der Waals surface area contributed by atoms with Crippen LogP contribution >= 0.6 is 0 Å². The molecule has 1 aliphatic carbocycles. The van der Waals surface area contributed by atoms with Crippen LogP contribution < -0.4 is 5.73 Å². The normalized spacial score (nSPS) is 22.4. The number of carboxylic acid groups (broad SMARTS) is 2. The first-order valence-corrected chi connectivity index (χ1v) is 5.06. The number of hydrogen-bond acceptors (Lipinski definition) is 4. The molecular formula is C10H14N2O5. The number of carbonyl (C=O) groups excluding carboxylic acids is 1. The van der Waals surface area contributed by atoms with Gasteiger partial charge in [0.05, 0.1) is 5.92 Å². The second-order valence-electron chi connectivity index (χ2n) is 3.87. The molecule has 0 aromatic carbocycles. The van der Waals surface area contributed by atoms with E-state index in [1.165, 1.54) is 0 Å². The third-order valence-corrected chi connectivity index (χ3v) is 2.40. The molecule has 2 atom stereocenters. The maximum absolute atomic E-state index is 11.9. The number of nitrogens with two attached hydrogens (primary N) is 1. The maximum Gasteiger partial charge on any atom is 0.323 e. The van der Waals surface area contributed by atoms with Crippen molar-refractivity contribution in [2.45, 2.75) is 12.5 Å². The lowest BCUT2D eigenvalue weighted by atomic mass is 10.1. The van der Waals surface area contributed by atoms with Crippen LogP contribution in [0.5, 0.6) is 0 Å². The van der Waals surface area contributed by atoms with Crippen molar-refractivity contribution in [1.29, 1.82) is 0 Å². The monoisotopic (exact) mass is 242 g/mol. The molecule has 1 rings (SSSR count). The Hall–Kier alpha value is -1.89. The third-order valence-electron chi connectivity index (χ3n) is 2.40. The minimum atomic E-state index is -1.24. The van der Waals surface area contributed by atoms with E-state index in [1.807, 2.05) is 0 Å². The van der Waals surface area contributed by atoms with Crippen molar-refractivity contribution in [3.05, 3.63) is 12.2 Å². The zero-order chi connectivity index (χ0) is 13.0. The molecule has 0 aromatic heterocycles. The summed E-state index contributed by atoms with van der Waals surface area (Å²) in [6, 6.07) is -0.236. The van der Waals surface area contributed by atoms with Crippen LogP contribution in [-0.4, -0.2) is 52.1 Å². The predicted octanol–water partition coefficient (Wildman–Crippen LogP) is -1.11. The molecule has 1 amide bonds. The lowest BCUT2D eigenvalue weighted by Gasteiger charge is -2.21. The van der Waals surface area contributed by atoms with Gasteiger partial charge in [-0.2, -0.15) is 0 Å². The first-order chi connectivity index (χ1) is 7.90. The number of nitrogens with zero attached hydrogens (tertiary/aromatic N) is 1. The van der Waals surface area contributed by atoms with Gasteiger partial charge in [-0.05, 0) is 6.42 Å². The standard InChI is InChI=1S/C10H14N2O5/c11-7-2-1-6(3-7)10(17)12(4-8(13)14)5-9(15)16/h1-2,6-7H,3-5,11H2,(H,13,14)(H,15,16). The highest BCUT2D eigenvalue weighted by Crippen LogP contribution is 2.18. The fourth-order valence-corrected chi connectivity index (χ4v) is 1.68. The van der Waals surface area contributed by atoms with Crippen LogP contribution in [0, 0.1) is 5.92 Å². The summed E-state index contributed by atoms with van der Waals surface area (Å²) in [5.74, 6) is -3.53. The Morgan fingerprint density at radius 3 is 2.06 bits per heavy atom. The van der Waals surface area contributed by atoms with Crippen molar-refractivity contribution < 1.29 is 24.6 Å². The molecule has 0 heterocycles. The summed E-state index contributed by atoms with van der Waals surface area (Å²) >= 11 is 0. The van der Waals surface area contributed by atoms with Gasteiger partial charge < -0.3 is 20.8 Å². The molecule has 4 N–H and O–H groups in total. The summed E-state index contributed by atoms with van der Waals surface area (Å²) in [5.41, 5.74) is 5.58. The van der Waals surface area contributed by atoms with Crippen LogP contribution in [-0.2, 0) is 14.4 Å². The van der Waals surface area contributed by atoms with E-state index in [2.05, 4.69) is 0 Å². The van der Waals surface area contributed by atoms with E-state index in [9.17, 15) is 14.4 Å². The minimum Gasteiger partial charge on any atom is -0.480 e. The van der Waals surface area contributed by atoms with Crippen LogP contribution in [0.4, 0.5) is 0 Å². The summed E-state index contributed by atoms with van der Waals surface area (Å²) in [6.07, 6.45) is 3.63. The second kappa shape index (κ2) is 5.44. The zero-order valence-corrected chi connectivity index (χ0v) is 9.07. The van der Waals surface area contributed by atoms with Crippen LogP contribution in [0.2, 0.25) is 0 Å². The van der Waals surface area contributed by atoms with E-state index in [4.69, 9.17) is 15.9 Å². The highest BCUT2D eigenvalue weighted by Gasteiger charge is 2.29. The molecule has 0 aliphatic heterocycles. The quantitative estimate of drug-likeness (QED) is 0.525. The molecule has 1 aliphatic rings. The molecule has 0 radical (unpaired) electrons. The third kappa shape index (κ3) is 3.87. The largest absolute Gasteiger partial charge is 0.480 e.